The van der Waals surface area contributed by atoms with Crippen LogP contribution in [0.1, 0.15) is 16.7 Å². The molecule has 0 saturated carbocycles. The zero-order valence-corrected chi connectivity index (χ0v) is 17.2. The summed E-state index contributed by atoms with van der Waals surface area (Å²) in [6.45, 7) is 0.179. The van der Waals surface area contributed by atoms with Crippen molar-refractivity contribution in [1.82, 2.24) is 0 Å². The maximum atomic E-state index is 13.4. The van der Waals surface area contributed by atoms with E-state index in [9.17, 15) is 9.65 Å². The quantitative estimate of drug-likeness (QED) is 0.338. The van der Waals surface area contributed by atoms with Gasteiger partial charge in [0.1, 0.15) is 18.2 Å². The molecule has 0 bridgehead atoms. The van der Waals surface area contributed by atoms with E-state index in [-0.39, 0.29) is 12.4 Å². The minimum absolute atomic E-state index is 0.179. The van der Waals surface area contributed by atoms with Crippen molar-refractivity contribution in [2.45, 2.75) is 6.61 Å². The van der Waals surface area contributed by atoms with Crippen LogP contribution in [0.5, 0.6) is 17.2 Å². The number of ether oxygens (including phenoxy) is 3. The first-order chi connectivity index (χ1) is 14.5. The van der Waals surface area contributed by atoms with Gasteiger partial charge in [-0.05, 0) is 65.7 Å². The van der Waals surface area contributed by atoms with E-state index in [1.165, 1.54) is 19.2 Å². The summed E-state index contributed by atoms with van der Waals surface area (Å²) >= 11 is 6.16. The highest BCUT2D eigenvalue weighted by atomic mass is 35.5. The second kappa shape index (κ2) is 9.82. The summed E-state index contributed by atoms with van der Waals surface area (Å²) in [5.41, 5.74) is 2.38. The normalized spacial score (nSPS) is 11.0. The Hall–Kier alpha value is -3.49. The molecule has 0 spiro atoms. The molecule has 0 heterocycles. The molecule has 3 aromatic rings. The molecule has 6 heteroatoms. The standard InChI is InChI=1S/C24H19ClFNO3/c1-28-23-8-6-17(13-24(23)29-2)19(14-27)11-18-12-20(25)7-9-22(18)30-15-16-4-3-5-21(26)10-16/h3-13H,15H2,1-2H3/b19-11+. The van der Waals surface area contributed by atoms with Gasteiger partial charge in [0.05, 0.1) is 25.9 Å². The maximum Gasteiger partial charge on any atom is 0.161 e. The highest BCUT2D eigenvalue weighted by Gasteiger charge is 2.11. The van der Waals surface area contributed by atoms with Crippen molar-refractivity contribution in [1.29, 1.82) is 5.26 Å². The van der Waals surface area contributed by atoms with Gasteiger partial charge in [-0.25, -0.2) is 4.39 Å². The average molecular weight is 424 g/mol. The Kier molecular flexibility index (Phi) is 6.95. The number of rotatable bonds is 7. The first-order valence-corrected chi connectivity index (χ1v) is 9.43. The second-order valence-corrected chi connectivity index (χ2v) is 6.78. The monoisotopic (exact) mass is 423 g/mol. The molecule has 0 aliphatic heterocycles. The van der Waals surface area contributed by atoms with Crippen LogP contribution < -0.4 is 14.2 Å². The number of hydrogen-bond donors (Lipinski definition) is 0. The number of halogens is 2. The van der Waals surface area contributed by atoms with E-state index >= 15 is 0 Å². The molecule has 30 heavy (non-hydrogen) atoms. The van der Waals surface area contributed by atoms with Crippen molar-refractivity contribution < 1.29 is 18.6 Å². The van der Waals surface area contributed by atoms with Crippen LogP contribution in [0.4, 0.5) is 4.39 Å². The lowest BCUT2D eigenvalue weighted by Crippen LogP contribution is -1.98. The van der Waals surface area contributed by atoms with Crippen molar-refractivity contribution in [3.8, 4) is 23.3 Å². The molecule has 0 unspecified atom stereocenters. The summed E-state index contributed by atoms with van der Waals surface area (Å²) in [5.74, 6) is 1.29. The van der Waals surface area contributed by atoms with Gasteiger partial charge < -0.3 is 14.2 Å². The minimum Gasteiger partial charge on any atom is -0.493 e. The van der Waals surface area contributed by atoms with E-state index in [2.05, 4.69) is 6.07 Å². The van der Waals surface area contributed by atoms with Gasteiger partial charge in [0.25, 0.3) is 0 Å². The molecule has 0 radical (unpaired) electrons. The maximum absolute atomic E-state index is 13.4. The third-order valence-corrected chi connectivity index (χ3v) is 4.61. The summed E-state index contributed by atoms with van der Waals surface area (Å²) in [6.07, 6.45) is 1.69. The Morgan fingerprint density at radius 3 is 2.47 bits per heavy atom. The van der Waals surface area contributed by atoms with Crippen molar-refractivity contribution in [2.24, 2.45) is 0 Å². The lowest BCUT2D eigenvalue weighted by Gasteiger charge is -2.12. The van der Waals surface area contributed by atoms with Crippen LogP contribution in [0.15, 0.2) is 60.7 Å². The zero-order valence-electron chi connectivity index (χ0n) is 16.5. The molecule has 0 amide bonds. The average Bonchev–Trinajstić information content (AvgIpc) is 2.76. The van der Waals surface area contributed by atoms with Crippen LogP contribution in [-0.4, -0.2) is 14.2 Å². The first kappa shape index (κ1) is 21.2. The molecule has 0 saturated heterocycles. The van der Waals surface area contributed by atoms with Gasteiger partial charge in [-0.3, -0.25) is 0 Å². The fourth-order valence-corrected chi connectivity index (χ4v) is 3.07. The van der Waals surface area contributed by atoms with Gasteiger partial charge in [-0.2, -0.15) is 5.26 Å². The molecule has 0 aliphatic carbocycles. The molecular weight excluding hydrogens is 405 g/mol. The lowest BCUT2D eigenvalue weighted by atomic mass is 10.0. The largest absolute Gasteiger partial charge is 0.493 e. The first-order valence-electron chi connectivity index (χ1n) is 9.05. The molecule has 0 aliphatic rings. The van der Waals surface area contributed by atoms with Gasteiger partial charge in [-0.15, -0.1) is 0 Å². The summed E-state index contributed by atoms with van der Waals surface area (Å²) < 4.78 is 29.9. The molecule has 0 atom stereocenters. The van der Waals surface area contributed by atoms with Crippen LogP contribution >= 0.6 is 11.6 Å². The van der Waals surface area contributed by atoms with Crippen LogP contribution in [0, 0.1) is 17.1 Å². The van der Waals surface area contributed by atoms with Crippen LogP contribution in [-0.2, 0) is 6.61 Å². The number of benzene rings is 3. The van der Waals surface area contributed by atoms with Crippen molar-refractivity contribution in [3.63, 3.8) is 0 Å². The summed E-state index contributed by atoms with van der Waals surface area (Å²) in [4.78, 5) is 0. The highest BCUT2D eigenvalue weighted by Crippen LogP contribution is 2.33. The number of nitrogens with zero attached hydrogens (tertiary/aromatic N) is 1. The molecule has 3 rings (SSSR count). The Balaban J connectivity index is 1.94. The SMILES string of the molecule is COc1ccc(/C(C#N)=C/c2cc(Cl)ccc2OCc2cccc(F)c2)cc1OC. The molecule has 4 nitrogen and oxygen atoms in total. The van der Waals surface area contributed by atoms with Crippen LogP contribution in [0.2, 0.25) is 5.02 Å². The smallest absolute Gasteiger partial charge is 0.161 e. The van der Waals surface area contributed by atoms with Gasteiger partial charge in [0.15, 0.2) is 11.5 Å². The van der Waals surface area contributed by atoms with Crippen molar-refractivity contribution >= 4 is 23.3 Å². The van der Waals surface area contributed by atoms with E-state index in [4.69, 9.17) is 25.8 Å². The number of allylic oxidation sites excluding steroid dienone is 1. The Morgan fingerprint density at radius 1 is 1.00 bits per heavy atom. The summed E-state index contributed by atoms with van der Waals surface area (Å²) in [6, 6.07) is 18.8. The topological polar surface area (TPSA) is 51.5 Å². The number of nitriles is 1. The van der Waals surface area contributed by atoms with E-state index in [0.29, 0.717) is 44.5 Å². The summed E-state index contributed by atoms with van der Waals surface area (Å²) in [5, 5.41) is 10.2. The molecule has 0 aromatic heterocycles. The van der Waals surface area contributed by atoms with Crippen LogP contribution in [0.25, 0.3) is 11.6 Å². The Labute approximate surface area is 179 Å². The van der Waals surface area contributed by atoms with E-state index in [1.54, 1.807) is 61.7 Å². The molecule has 0 N–H and O–H groups in total. The third-order valence-electron chi connectivity index (χ3n) is 4.37. The fourth-order valence-electron chi connectivity index (χ4n) is 2.89. The van der Waals surface area contributed by atoms with Gasteiger partial charge in [0.2, 0.25) is 0 Å². The minimum atomic E-state index is -0.326. The fraction of sp³-hybridized carbons (Fsp3) is 0.125. The Bertz CT molecular complexity index is 1120. The van der Waals surface area contributed by atoms with E-state index < -0.39 is 0 Å². The van der Waals surface area contributed by atoms with E-state index in [0.717, 1.165) is 0 Å². The number of methoxy groups -OCH3 is 2. The summed E-state index contributed by atoms with van der Waals surface area (Å²) in [7, 11) is 3.08. The molecule has 0 fully saturated rings. The molecule has 3 aromatic carbocycles. The second-order valence-electron chi connectivity index (χ2n) is 6.34. The van der Waals surface area contributed by atoms with Gasteiger partial charge in [-0.1, -0.05) is 23.7 Å². The zero-order chi connectivity index (χ0) is 21.5. The lowest BCUT2D eigenvalue weighted by molar-refractivity contribution is 0.305. The van der Waals surface area contributed by atoms with Crippen molar-refractivity contribution in [2.75, 3.05) is 14.2 Å². The predicted octanol–water partition coefficient (Wildman–Crippen LogP) is 6.14. The van der Waals surface area contributed by atoms with Crippen LogP contribution in [0.3, 0.4) is 0 Å². The Morgan fingerprint density at radius 2 is 1.77 bits per heavy atom. The van der Waals surface area contributed by atoms with Gasteiger partial charge >= 0.3 is 0 Å². The number of hydrogen-bond acceptors (Lipinski definition) is 4. The van der Waals surface area contributed by atoms with E-state index in [1.807, 2.05) is 0 Å². The predicted molar refractivity (Wildman–Crippen MR) is 115 cm³/mol. The van der Waals surface area contributed by atoms with Gasteiger partial charge in [0, 0.05) is 10.6 Å². The third kappa shape index (κ3) is 5.11. The highest BCUT2D eigenvalue weighted by molar-refractivity contribution is 6.30. The molecule has 152 valence electrons. The van der Waals surface area contributed by atoms with Crippen molar-refractivity contribution in [3.05, 3.63) is 88.2 Å². The molecular formula is C24H19ClFNO3.